The first-order valence-electron chi connectivity index (χ1n) is 5.68. The number of Topliss-reactive ketones (excluding diaryl/α,β-unsaturated/α-hetero) is 1. The third-order valence-corrected chi connectivity index (χ3v) is 2.81. The normalized spacial score (nSPS) is 16.2. The first kappa shape index (κ1) is 12.7. The molecule has 0 heterocycles. The summed E-state index contributed by atoms with van der Waals surface area (Å²) < 4.78 is 4.69. The summed E-state index contributed by atoms with van der Waals surface area (Å²) in [4.78, 5) is 25.9. The van der Waals surface area contributed by atoms with Crippen molar-refractivity contribution < 1.29 is 14.3 Å². The van der Waals surface area contributed by atoms with Gasteiger partial charge in [-0.2, -0.15) is 0 Å². The van der Waals surface area contributed by atoms with Crippen molar-refractivity contribution in [3.8, 4) is 0 Å². The number of nitrogens with zero attached hydrogens (tertiary/aromatic N) is 1. The van der Waals surface area contributed by atoms with Gasteiger partial charge in [-0.25, -0.2) is 6.57 Å². The Balaban J connectivity index is 2.11. The molecular formula is C12H17NO3. The minimum Gasteiger partial charge on any atom is -0.466 e. The van der Waals surface area contributed by atoms with Gasteiger partial charge in [-0.3, -0.25) is 9.59 Å². The van der Waals surface area contributed by atoms with Crippen LogP contribution in [0.25, 0.3) is 4.85 Å². The molecule has 88 valence electrons. The van der Waals surface area contributed by atoms with Crippen LogP contribution in [0.2, 0.25) is 0 Å². The fraction of sp³-hybridized carbons (Fsp3) is 0.750. The maximum Gasteiger partial charge on any atom is 0.313 e. The first-order valence-corrected chi connectivity index (χ1v) is 5.68. The lowest BCUT2D eigenvalue weighted by atomic mass is 10.1. The summed E-state index contributed by atoms with van der Waals surface area (Å²) in [7, 11) is 0. The van der Waals surface area contributed by atoms with E-state index in [4.69, 9.17) is 6.57 Å². The molecule has 1 saturated carbocycles. The van der Waals surface area contributed by atoms with Gasteiger partial charge in [0.05, 0.1) is 6.61 Å². The number of hydrogen-bond donors (Lipinski definition) is 0. The van der Waals surface area contributed by atoms with Crippen LogP contribution in [0.3, 0.4) is 0 Å². The fourth-order valence-electron chi connectivity index (χ4n) is 1.64. The number of carbonyl (C=O) groups excluding carboxylic acids is 2. The van der Waals surface area contributed by atoms with Gasteiger partial charge in [0.2, 0.25) is 5.54 Å². The van der Waals surface area contributed by atoms with Gasteiger partial charge in [0, 0.05) is 25.7 Å². The van der Waals surface area contributed by atoms with Crippen LogP contribution in [0.15, 0.2) is 0 Å². The molecule has 1 aliphatic rings. The highest BCUT2D eigenvalue weighted by Crippen LogP contribution is 2.44. The molecule has 0 bridgehead atoms. The molecule has 0 aromatic rings. The average Bonchev–Trinajstić information content (AvgIpc) is 2.99. The van der Waals surface area contributed by atoms with Crippen molar-refractivity contribution in [1.82, 2.24) is 0 Å². The van der Waals surface area contributed by atoms with Crippen molar-refractivity contribution >= 4 is 11.8 Å². The number of carbonyl (C=O) groups is 2. The molecule has 1 fully saturated rings. The fourth-order valence-corrected chi connectivity index (χ4v) is 1.64. The zero-order valence-electron chi connectivity index (χ0n) is 9.62. The molecule has 1 rings (SSSR count). The molecule has 0 unspecified atom stereocenters. The van der Waals surface area contributed by atoms with E-state index in [2.05, 4.69) is 9.58 Å². The Morgan fingerprint density at radius 3 is 2.62 bits per heavy atom. The lowest BCUT2D eigenvalue weighted by Gasteiger charge is -2.02. The molecule has 0 N–H and O–H groups in total. The second kappa shape index (κ2) is 5.64. The predicted octanol–water partition coefficient (Wildman–Crippen LogP) is 2.13. The Labute approximate surface area is 95.8 Å². The maximum atomic E-state index is 11.3. The van der Waals surface area contributed by atoms with Crippen LogP contribution in [0.5, 0.6) is 0 Å². The Bertz CT molecular complexity index is 313. The summed E-state index contributed by atoms with van der Waals surface area (Å²) in [6.07, 6.45) is 3.67. The zero-order valence-corrected chi connectivity index (χ0v) is 9.62. The van der Waals surface area contributed by atoms with E-state index < -0.39 is 5.97 Å². The van der Waals surface area contributed by atoms with Crippen molar-refractivity contribution in [2.75, 3.05) is 6.61 Å². The smallest absolute Gasteiger partial charge is 0.313 e. The molecule has 0 aliphatic heterocycles. The lowest BCUT2D eigenvalue weighted by Crippen LogP contribution is -2.11. The SMILES string of the molecule is [C-]#[N+]C1(CCCC(=O)CC(=O)OCC)CC1. The van der Waals surface area contributed by atoms with Crippen molar-refractivity contribution in [3.63, 3.8) is 0 Å². The Morgan fingerprint density at radius 1 is 1.44 bits per heavy atom. The highest BCUT2D eigenvalue weighted by atomic mass is 16.5. The third-order valence-electron chi connectivity index (χ3n) is 2.81. The van der Waals surface area contributed by atoms with Crippen molar-refractivity contribution in [2.45, 2.75) is 51.0 Å². The van der Waals surface area contributed by atoms with E-state index in [0.717, 1.165) is 19.3 Å². The summed E-state index contributed by atoms with van der Waals surface area (Å²) in [5, 5.41) is 0. The van der Waals surface area contributed by atoms with Gasteiger partial charge in [-0.1, -0.05) is 0 Å². The summed E-state index contributed by atoms with van der Waals surface area (Å²) in [5.41, 5.74) is -0.162. The highest BCUT2D eigenvalue weighted by Gasteiger charge is 2.49. The number of rotatable bonds is 7. The second-order valence-electron chi connectivity index (χ2n) is 4.21. The molecule has 16 heavy (non-hydrogen) atoms. The molecule has 1 aliphatic carbocycles. The monoisotopic (exact) mass is 223 g/mol. The van der Waals surface area contributed by atoms with Gasteiger partial charge < -0.3 is 9.58 Å². The average molecular weight is 223 g/mol. The first-order chi connectivity index (χ1) is 7.62. The quantitative estimate of drug-likeness (QED) is 0.377. The van der Waals surface area contributed by atoms with E-state index in [-0.39, 0.29) is 17.7 Å². The van der Waals surface area contributed by atoms with Gasteiger partial charge in [-0.15, -0.1) is 0 Å². The van der Waals surface area contributed by atoms with Crippen molar-refractivity contribution in [1.29, 1.82) is 0 Å². The van der Waals surface area contributed by atoms with E-state index in [9.17, 15) is 9.59 Å². The molecule has 0 spiro atoms. The molecule has 4 heteroatoms. The number of ether oxygens (including phenoxy) is 1. The van der Waals surface area contributed by atoms with Crippen molar-refractivity contribution in [3.05, 3.63) is 11.4 Å². The van der Waals surface area contributed by atoms with Gasteiger partial charge in [0.1, 0.15) is 12.2 Å². The largest absolute Gasteiger partial charge is 0.466 e. The minimum atomic E-state index is -0.446. The van der Waals surface area contributed by atoms with Gasteiger partial charge in [-0.05, 0) is 13.3 Å². The zero-order chi connectivity index (χ0) is 12.0. The minimum absolute atomic E-state index is 0.0840. The number of esters is 1. The summed E-state index contributed by atoms with van der Waals surface area (Å²) >= 11 is 0. The summed E-state index contributed by atoms with van der Waals surface area (Å²) in [6, 6.07) is 0. The van der Waals surface area contributed by atoms with E-state index in [1.54, 1.807) is 6.92 Å². The van der Waals surface area contributed by atoms with Crippen LogP contribution < -0.4 is 0 Å². The molecular weight excluding hydrogens is 206 g/mol. The van der Waals surface area contributed by atoms with Crippen LogP contribution in [-0.4, -0.2) is 23.9 Å². The Kier molecular flexibility index (Phi) is 4.48. The molecule has 0 radical (unpaired) electrons. The second-order valence-corrected chi connectivity index (χ2v) is 4.21. The van der Waals surface area contributed by atoms with Gasteiger partial charge >= 0.3 is 5.97 Å². The van der Waals surface area contributed by atoms with E-state index in [0.29, 0.717) is 19.4 Å². The third kappa shape index (κ3) is 4.01. The Morgan fingerprint density at radius 2 is 2.12 bits per heavy atom. The van der Waals surface area contributed by atoms with Crippen LogP contribution in [-0.2, 0) is 14.3 Å². The van der Waals surface area contributed by atoms with Crippen LogP contribution in [0.4, 0.5) is 0 Å². The van der Waals surface area contributed by atoms with Crippen molar-refractivity contribution in [2.24, 2.45) is 0 Å². The Hall–Kier alpha value is -1.37. The summed E-state index contributed by atoms with van der Waals surface area (Å²) in [6.45, 7) is 9.02. The molecule has 0 aromatic heterocycles. The topological polar surface area (TPSA) is 47.7 Å². The van der Waals surface area contributed by atoms with E-state index in [1.807, 2.05) is 0 Å². The molecule has 4 nitrogen and oxygen atoms in total. The standard InChI is InChI=1S/C12H17NO3/c1-3-16-11(15)9-10(14)5-4-6-12(13-2)7-8-12/h3-9H2,1H3. The molecule has 0 aromatic carbocycles. The van der Waals surface area contributed by atoms with Gasteiger partial charge in [0.25, 0.3) is 0 Å². The highest BCUT2D eigenvalue weighted by molar-refractivity contribution is 5.95. The van der Waals surface area contributed by atoms with E-state index in [1.165, 1.54) is 0 Å². The van der Waals surface area contributed by atoms with Gasteiger partial charge in [0.15, 0.2) is 0 Å². The predicted molar refractivity (Wildman–Crippen MR) is 58.7 cm³/mol. The molecule has 0 saturated heterocycles. The molecule has 0 amide bonds. The maximum absolute atomic E-state index is 11.3. The van der Waals surface area contributed by atoms with Crippen LogP contribution in [0, 0.1) is 6.57 Å². The molecule has 0 atom stereocenters. The number of ketones is 1. The van der Waals surface area contributed by atoms with Crippen LogP contribution in [0.1, 0.15) is 45.4 Å². The van der Waals surface area contributed by atoms with E-state index >= 15 is 0 Å². The number of hydrogen-bond acceptors (Lipinski definition) is 3. The van der Waals surface area contributed by atoms with Crippen LogP contribution >= 0.6 is 0 Å². The lowest BCUT2D eigenvalue weighted by molar-refractivity contribution is -0.145. The summed E-state index contributed by atoms with van der Waals surface area (Å²) in [5.74, 6) is -0.530.